The van der Waals surface area contributed by atoms with Gasteiger partial charge in [0, 0.05) is 49.2 Å². The van der Waals surface area contributed by atoms with Gasteiger partial charge in [-0.2, -0.15) is 0 Å². The molecule has 2 amide bonds. The lowest BCUT2D eigenvalue weighted by atomic mass is 10.1. The highest BCUT2D eigenvalue weighted by Crippen LogP contribution is 2.55. The quantitative estimate of drug-likeness (QED) is 0.317. The number of halogens is 3. The molecular formula is C28H34BrClFN5O4. The molecule has 1 saturated heterocycles. The molecule has 1 spiro atoms. The Morgan fingerprint density at radius 2 is 1.90 bits per heavy atom. The smallest absolute Gasteiger partial charge is 0.414 e. The summed E-state index contributed by atoms with van der Waals surface area (Å²) in [4.78, 5) is 36.5. The maximum absolute atomic E-state index is 15.3. The van der Waals surface area contributed by atoms with Crippen LogP contribution in [0.1, 0.15) is 54.4 Å². The fourth-order valence-electron chi connectivity index (χ4n) is 5.44. The van der Waals surface area contributed by atoms with Crippen LogP contribution in [0.5, 0.6) is 0 Å². The Kier molecular flexibility index (Phi) is 6.93. The van der Waals surface area contributed by atoms with Gasteiger partial charge in [0.2, 0.25) is 0 Å². The van der Waals surface area contributed by atoms with Gasteiger partial charge in [0.1, 0.15) is 22.7 Å². The Balaban J connectivity index is 1.52. The number of hydrogen-bond donors (Lipinski definition) is 2. The van der Waals surface area contributed by atoms with Gasteiger partial charge in [-0.1, -0.05) is 11.6 Å². The Morgan fingerprint density at radius 1 is 1.23 bits per heavy atom. The SMILES string of the molecule is CN(C(=O)OC(C)(C)C)c1cc(F)c(Cl)c2c1[nH]c1ncc(Br)c(N3CCC4(CC4NC(=O)OC(C)(C)C)C3)c12. The van der Waals surface area contributed by atoms with E-state index in [2.05, 4.69) is 36.1 Å². The number of rotatable bonds is 3. The number of aromatic amines is 1. The summed E-state index contributed by atoms with van der Waals surface area (Å²) in [6.45, 7) is 12.2. The zero-order chi connectivity index (χ0) is 29.4. The third-order valence-electron chi connectivity index (χ3n) is 7.31. The molecule has 1 aliphatic carbocycles. The van der Waals surface area contributed by atoms with Crippen molar-refractivity contribution in [1.82, 2.24) is 15.3 Å². The fourth-order valence-corrected chi connectivity index (χ4v) is 6.24. The average molecular weight is 639 g/mol. The van der Waals surface area contributed by atoms with Crippen molar-refractivity contribution in [3.05, 3.63) is 27.6 Å². The highest BCUT2D eigenvalue weighted by atomic mass is 79.9. The van der Waals surface area contributed by atoms with Crippen LogP contribution in [-0.4, -0.2) is 59.5 Å². The number of anilines is 2. The summed E-state index contributed by atoms with van der Waals surface area (Å²) in [5.74, 6) is -0.659. The Bertz CT molecular complexity index is 1530. The maximum atomic E-state index is 15.3. The minimum Gasteiger partial charge on any atom is -0.444 e. The van der Waals surface area contributed by atoms with Crippen LogP contribution in [0.4, 0.5) is 25.4 Å². The van der Waals surface area contributed by atoms with Crippen LogP contribution in [0, 0.1) is 11.2 Å². The van der Waals surface area contributed by atoms with Gasteiger partial charge >= 0.3 is 12.2 Å². The molecule has 2 unspecified atom stereocenters. The minimum atomic E-state index is -0.722. The van der Waals surface area contributed by atoms with E-state index in [9.17, 15) is 9.59 Å². The van der Waals surface area contributed by atoms with Gasteiger partial charge < -0.3 is 24.7 Å². The molecule has 3 aromatic rings. The molecule has 2 fully saturated rings. The number of carbonyl (C=O) groups excluding carboxylic acids is 2. The molecule has 0 bridgehead atoms. The number of amides is 2. The third-order valence-corrected chi connectivity index (χ3v) is 8.26. The molecular weight excluding hydrogens is 605 g/mol. The number of ether oxygens (including phenoxy) is 2. The molecule has 1 aliphatic heterocycles. The van der Waals surface area contributed by atoms with Crippen molar-refractivity contribution in [2.24, 2.45) is 5.41 Å². The summed E-state index contributed by atoms with van der Waals surface area (Å²) in [5, 5.41) is 4.05. The van der Waals surface area contributed by atoms with Crippen molar-refractivity contribution < 1.29 is 23.5 Å². The van der Waals surface area contributed by atoms with Crippen molar-refractivity contribution in [3.8, 4) is 0 Å². The topological polar surface area (TPSA) is 99.8 Å². The Hall–Kier alpha value is -2.79. The highest BCUT2D eigenvalue weighted by molar-refractivity contribution is 9.10. The molecule has 5 rings (SSSR count). The van der Waals surface area contributed by atoms with E-state index >= 15 is 4.39 Å². The van der Waals surface area contributed by atoms with Gasteiger partial charge in [0.05, 0.1) is 31.8 Å². The lowest BCUT2D eigenvalue weighted by Crippen LogP contribution is -2.36. The standard InChI is InChI=1S/C28H34BrClFN5O4/c1-26(2,3)39-24(37)33-17-11-28(17)8-9-36(13-28)22-14(29)12-32-23-19(22)18-20(30)15(31)10-16(21(18)34-23)35(7)25(38)40-27(4,5)6/h10,12,17H,8-9,11,13H2,1-7H3,(H,32,34)(H,33,37). The van der Waals surface area contributed by atoms with Crippen LogP contribution < -0.4 is 15.1 Å². The number of H-pyrrole nitrogens is 1. The van der Waals surface area contributed by atoms with E-state index in [0.717, 1.165) is 29.5 Å². The molecule has 1 saturated carbocycles. The van der Waals surface area contributed by atoms with E-state index in [0.29, 0.717) is 28.5 Å². The Labute approximate surface area is 245 Å². The van der Waals surface area contributed by atoms with E-state index in [4.69, 9.17) is 21.1 Å². The summed E-state index contributed by atoms with van der Waals surface area (Å²) in [6.07, 6.45) is 2.38. The largest absolute Gasteiger partial charge is 0.444 e. The average Bonchev–Trinajstić information content (AvgIpc) is 3.13. The van der Waals surface area contributed by atoms with Crippen LogP contribution in [0.2, 0.25) is 5.02 Å². The van der Waals surface area contributed by atoms with Gasteiger partial charge in [-0.15, -0.1) is 0 Å². The molecule has 2 N–H and O–H groups in total. The molecule has 0 radical (unpaired) electrons. The Morgan fingerprint density at radius 3 is 2.55 bits per heavy atom. The number of alkyl carbamates (subject to hydrolysis) is 1. The van der Waals surface area contributed by atoms with Crippen molar-refractivity contribution >= 4 is 73.0 Å². The molecule has 2 aromatic heterocycles. The zero-order valence-corrected chi connectivity index (χ0v) is 26.0. The molecule has 2 atom stereocenters. The number of benzene rings is 1. The summed E-state index contributed by atoms with van der Waals surface area (Å²) in [7, 11) is 1.53. The van der Waals surface area contributed by atoms with Gasteiger partial charge in [-0.25, -0.2) is 19.0 Å². The van der Waals surface area contributed by atoms with E-state index < -0.39 is 29.2 Å². The molecule has 216 valence electrons. The number of nitrogens with zero attached hydrogens (tertiary/aromatic N) is 3. The second kappa shape index (κ2) is 9.65. The first-order valence-corrected chi connectivity index (χ1v) is 14.4. The first kappa shape index (κ1) is 28.7. The normalized spacial score (nSPS) is 20.9. The first-order valence-electron chi connectivity index (χ1n) is 13.2. The van der Waals surface area contributed by atoms with Gasteiger partial charge in [-0.05, 0) is 70.3 Å². The van der Waals surface area contributed by atoms with Crippen LogP contribution in [0.25, 0.3) is 21.9 Å². The monoisotopic (exact) mass is 637 g/mol. The molecule has 9 nitrogen and oxygen atoms in total. The molecule has 3 heterocycles. The van der Waals surface area contributed by atoms with Gasteiger partial charge in [-0.3, -0.25) is 4.90 Å². The zero-order valence-electron chi connectivity index (χ0n) is 23.7. The number of hydrogen-bond acceptors (Lipinski definition) is 6. The highest BCUT2D eigenvalue weighted by Gasteiger charge is 2.58. The molecule has 40 heavy (non-hydrogen) atoms. The summed E-state index contributed by atoms with van der Waals surface area (Å²) in [5.41, 5.74) is 0.741. The third kappa shape index (κ3) is 5.30. The maximum Gasteiger partial charge on any atom is 0.414 e. The number of carbonyl (C=O) groups is 2. The van der Waals surface area contributed by atoms with E-state index in [-0.39, 0.29) is 22.2 Å². The lowest BCUT2D eigenvalue weighted by Gasteiger charge is -2.25. The number of pyridine rings is 1. The van der Waals surface area contributed by atoms with Crippen LogP contribution in [0.3, 0.4) is 0 Å². The summed E-state index contributed by atoms with van der Waals surface area (Å²) in [6, 6.07) is 1.24. The number of nitrogens with one attached hydrogen (secondary N) is 2. The van der Waals surface area contributed by atoms with Crippen molar-refractivity contribution in [2.45, 2.75) is 71.6 Å². The van der Waals surface area contributed by atoms with E-state index in [1.165, 1.54) is 18.0 Å². The van der Waals surface area contributed by atoms with Crippen LogP contribution >= 0.6 is 27.5 Å². The van der Waals surface area contributed by atoms with Crippen molar-refractivity contribution in [1.29, 1.82) is 0 Å². The number of aromatic nitrogens is 2. The first-order chi connectivity index (χ1) is 18.5. The van der Waals surface area contributed by atoms with E-state index in [1.807, 2.05) is 20.8 Å². The predicted octanol–water partition coefficient (Wildman–Crippen LogP) is 7.14. The second-order valence-electron chi connectivity index (χ2n) is 12.7. The summed E-state index contributed by atoms with van der Waals surface area (Å²) < 4.78 is 27.0. The van der Waals surface area contributed by atoms with Crippen LogP contribution in [-0.2, 0) is 9.47 Å². The molecule has 1 aromatic carbocycles. The fraction of sp³-hybridized carbons (Fsp3) is 0.536. The van der Waals surface area contributed by atoms with E-state index in [1.54, 1.807) is 27.0 Å². The molecule has 2 aliphatic rings. The van der Waals surface area contributed by atoms with Gasteiger partial charge in [0.15, 0.2) is 0 Å². The van der Waals surface area contributed by atoms with Gasteiger partial charge in [0.25, 0.3) is 0 Å². The van der Waals surface area contributed by atoms with Crippen molar-refractivity contribution in [2.75, 3.05) is 29.9 Å². The second-order valence-corrected chi connectivity index (χ2v) is 14.0. The minimum absolute atomic E-state index is 0.0153. The van der Waals surface area contributed by atoms with Crippen molar-refractivity contribution in [3.63, 3.8) is 0 Å². The predicted molar refractivity (Wildman–Crippen MR) is 158 cm³/mol. The molecule has 12 heteroatoms. The summed E-state index contributed by atoms with van der Waals surface area (Å²) >= 11 is 10.3. The van der Waals surface area contributed by atoms with Crippen LogP contribution in [0.15, 0.2) is 16.7 Å². The lowest BCUT2D eigenvalue weighted by molar-refractivity contribution is 0.0515. The number of fused-ring (bicyclic) bond motifs is 3.